The van der Waals surface area contributed by atoms with E-state index in [0.717, 1.165) is 33.3 Å². The number of methoxy groups -OCH3 is 1. The molecule has 0 unspecified atom stereocenters. The highest BCUT2D eigenvalue weighted by atomic mass is 16.5. The Morgan fingerprint density at radius 1 is 1.04 bits per heavy atom. The molecule has 0 radical (unpaired) electrons. The average Bonchev–Trinajstić information content (AvgIpc) is 2.69. The van der Waals surface area contributed by atoms with Gasteiger partial charge in [-0.1, -0.05) is 30.3 Å². The Kier molecular flexibility index (Phi) is 5.50. The van der Waals surface area contributed by atoms with Crippen molar-refractivity contribution in [2.45, 2.75) is 26.8 Å². The number of rotatable bonds is 5. The van der Waals surface area contributed by atoms with Gasteiger partial charge >= 0.3 is 5.97 Å². The fraction of sp³-hybridized carbons (Fsp3) is 0.227. The summed E-state index contributed by atoms with van der Waals surface area (Å²) >= 11 is 0. The highest BCUT2D eigenvalue weighted by Crippen LogP contribution is 2.22. The van der Waals surface area contributed by atoms with Gasteiger partial charge in [0.1, 0.15) is 0 Å². The first-order valence-electron chi connectivity index (χ1n) is 8.78. The van der Waals surface area contributed by atoms with E-state index in [4.69, 9.17) is 0 Å². The van der Waals surface area contributed by atoms with E-state index in [1.165, 1.54) is 7.11 Å². The molecule has 1 N–H and O–H groups in total. The number of amides is 1. The van der Waals surface area contributed by atoms with Gasteiger partial charge in [0.15, 0.2) is 0 Å². The summed E-state index contributed by atoms with van der Waals surface area (Å²) < 4.78 is 4.68. The second-order valence-corrected chi connectivity index (χ2v) is 6.46. The Balaban J connectivity index is 1.68. The van der Waals surface area contributed by atoms with Crippen molar-refractivity contribution in [2.24, 2.45) is 0 Å². The zero-order valence-corrected chi connectivity index (χ0v) is 15.7. The Labute approximate surface area is 158 Å². The summed E-state index contributed by atoms with van der Waals surface area (Å²) in [4.78, 5) is 28.5. The molecule has 1 heterocycles. The molecule has 2 aromatic carbocycles. The molecule has 0 fully saturated rings. The number of hydrogen-bond donors (Lipinski definition) is 1. The number of para-hydroxylation sites is 1. The number of nitrogens with zero attached hydrogens (tertiary/aromatic N) is 1. The zero-order chi connectivity index (χ0) is 19.4. The van der Waals surface area contributed by atoms with Gasteiger partial charge in [0.2, 0.25) is 5.91 Å². The molecule has 0 aliphatic heterocycles. The molecule has 27 heavy (non-hydrogen) atoms. The van der Waals surface area contributed by atoms with Crippen LogP contribution in [0, 0.1) is 13.8 Å². The summed E-state index contributed by atoms with van der Waals surface area (Å²) in [6.45, 7) is 4.37. The van der Waals surface area contributed by atoms with Crippen molar-refractivity contribution < 1.29 is 14.3 Å². The number of aryl methyl sites for hydroxylation is 2. The van der Waals surface area contributed by atoms with Gasteiger partial charge in [0.25, 0.3) is 0 Å². The van der Waals surface area contributed by atoms with Crippen LogP contribution in [0.25, 0.3) is 10.9 Å². The summed E-state index contributed by atoms with van der Waals surface area (Å²) in [7, 11) is 1.35. The van der Waals surface area contributed by atoms with Crippen molar-refractivity contribution in [1.82, 2.24) is 10.3 Å². The molecule has 1 amide bonds. The van der Waals surface area contributed by atoms with Crippen molar-refractivity contribution in [2.75, 3.05) is 7.11 Å². The molecule has 0 bridgehead atoms. The van der Waals surface area contributed by atoms with Crippen molar-refractivity contribution >= 4 is 22.8 Å². The lowest BCUT2D eigenvalue weighted by Gasteiger charge is -2.13. The minimum absolute atomic E-state index is 0.0599. The largest absolute Gasteiger partial charge is 0.465 e. The number of nitrogens with one attached hydrogen (secondary N) is 1. The maximum Gasteiger partial charge on any atom is 0.337 e. The number of benzene rings is 2. The van der Waals surface area contributed by atoms with Gasteiger partial charge in [0.05, 0.1) is 24.6 Å². The Morgan fingerprint density at radius 3 is 2.44 bits per heavy atom. The van der Waals surface area contributed by atoms with Crippen LogP contribution in [0.4, 0.5) is 0 Å². The molecule has 138 valence electrons. The van der Waals surface area contributed by atoms with Gasteiger partial charge in [-0.05, 0) is 48.7 Å². The number of ether oxygens (including phenoxy) is 1. The van der Waals surface area contributed by atoms with Crippen molar-refractivity contribution in [1.29, 1.82) is 0 Å². The molecule has 5 nitrogen and oxygen atoms in total. The number of fused-ring (bicyclic) bond motifs is 1. The van der Waals surface area contributed by atoms with Gasteiger partial charge < -0.3 is 10.1 Å². The zero-order valence-electron chi connectivity index (χ0n) is 15.7. The third kappa shape index (κ3) is 4.14. The van der Waals surface area contributed by atoms with Crippen LogP contribution in [0.5, 0.6) is 0 Å². The highest BCUT2D eigenvalue weighted by Gasteiger charge is 2.13. The van der Waals surface area contributed by atoms with Gasteiger partial charge in [0, 0.05) is 17.6 Å². The molecule has 5 heteroatoms. The minimum atomic E-state index is -0.375. The van der Waals surface area contributed by atoms with E-state index in [2.05, 4.69) is 15.0 Å². The molecule has 0 aliphatic rings. The number of hydrogen-bond acceptors (Lipinski definition) is 4. The van der Waals surface area contributed by atoms with Gasteiger partial charge in [-0.3, -0.25) is 9.78 Å². The number of aromatic nitrogens is 1. The normalized spacial score (nSPS) is 10.6. The molecule has 3 aromatic rings. The average molecular weight is 362 g/mol. The van der Waals surface area contributed by atoms with Crippen LogP contribution in [0.3, 0.4) is 0 Å². The molecule has 0 aliphatic carbocycles. The van der Waals surface area contributed by atoms with Crippen LogP contribution in [0.15, 0.2) is 48.5 Å². The summed E-state index contributed by atoms with van der Waals surface area (Å²) in [6.07, 6.45) is 0.287. The predicted octanol–water partition coefficient (Wildman–Crippen LogP) is 3.50. The maximum atomic E-state index is 12.4. The van der Waals surface area contributed by atoms with Crippen molar-refractivity contribution in [3.8, 4) is 0 Å². The van der Waals surface area contributed by atoms with E-state index in [1.54, 1.807) is 24.3 Å². The molecule has 1 aromatic heterocycles. The smallest absolute Gasteiger partial charge is 0.337 e. The molecular formula is C22H22N2O3. The van der Waals surface area contributed by atoms with Crippen LogP contribution >= 0.6 is 0 Å². The number of esters is 1. The van der Waals surface area contributed by atoms with Crippen LogP contribution in [-0.2, 0) is 22.5 Å². The predicted molar refractivity (Wildman–Crippen MR) is 105 cm³/mol. The molecule has 0 spiro atoms. The monoisotopic (exact) mass is 362 g/mol. The van der Waals surface area contributed by atoms with E-state index < -0.39 is 0 Å². The Bertz CT molecular complexity index is 994. The first kappa shape index (κ1) is 18.6. The van der Waals surface area contributed by atoms with Crippen molar-refractivity contribution in [3.63, 3.8) is 0 Å². The number of pyridine rings is 1. The topological polar surface area (TPSA) is 68.3 Å². The van der Waals surface area contributed by atoms with Gasteiger partial charge in [-0.25, -0.2) is 4.79 Å². The quantitative estimate of drug-likeness (QED) is 0.706. The number of carbonyl (C=O) groups is 2. The lowest BCUT2D eigenvalue weighted by Crippen LogP contribution is -2.25. The maximum absolute atomic E-state index is 12.4. The fourth-order valence-electron chi connectivity index (χ4n) is 3.13. The van der Waals surface area contributed by atoms with Crippen LogP contribution in [0.2, 0.25) is 0 Å². The lowest BCUT2D eigenvalue weighted by atomic mass is 9.99. The van der Waals surface area contributed by atoms with Crippen LogP contribution in [-0.4, -0.2) is 24.0 Å². The minimum Gasteiger partial charge on any atom is -0.465 e. The van der Waals surface area contributed by atoms with E-state index >= 15 is 0 Å². The molecule has 0 saturated carbocycles. The van der Waals surface area contributed by atoms with E-state index in [0.29, 0.717) is 12.1 Å². The summed E-state index contributed by atoms with van der Waals surface area (Å²) in [5.41, 5.74) is 5.29. The van der Waals surface area contributed by atoms with Crippen LogP contribution in [0.1, 0.15) is 32.7 Å². The van der Waals surface area contributed by atoms with Crippen LogP contribution < -0.4 is 5.32 Å². The molecule has 3 rings (SSSR count). The van der Waals surface area contributed by atoms with E-state index in [9.17, 15) is 9.59 Å². The highest BCUT2D eigenvalue weighted by molar-refractivity contribution is 5.89. The Hall–Kier alpha value is -3.21. The molecular weight excluding hydrogens is 340 g/mol. The number of carbonyl (C=O) groups excluding carboxylic acids is 2. The van der Waals surface area contributed by atoms with Gasteiger partial charge in [-0.2, -0.15) is 0 Å². The molecule has 0 saturated heterocycles. The third-order valence-electron chi connectivity index (χ3n) is 4.69. The molecule has 0 atom stereocenters. The van der Waals surface area contributed by atoms with E-state index in [-0.39, 0.29) is 18.3 Å². The summed E-state index contributed by atoms with van der Waals surface area (Å²) in [5, 5.41) is 4.00. The van der Waals surface area contributed by atoms with Gasteiger partial charge in [-0.15, -0.1) is 0 Å². The van der Waals surface area contributed by atoms with E-state index in [1.807, 2.05) is 38.1 Å². The second-order valence-electron chi connectivity index (χ2n) is 6.46. The standard InChI is InChI=1S/C22H22N2O3/c1-14-18-6-4-5-7-20(18)24-15(2)19(14)12-21(25)23-13-16-8-10-17(11-9-16)22(26)27-3/h4-11H,12-13H2,1-3H3,(H,23,25). The third-order valence-corrected chi connectivity index (χ3v) is 4.69. The summed E-state index contributed by atoms with van der Waals surface area (Å²) in [6, 6.07) is 14.9. The van der Waals surface area contributed by atoms with Crippen molar-refractivity contribution in [3.05, 3.63) is 76.5 Å². The first-order valence-corrected chi connectivity index (χ1v) is 8.78. The first-order chi connectivity index (χ1) is 13.0. The fourth-order valence-corrected chi connectivity index (χ4v) is 3.13. The second kappa shape index (κ2) is 7.99. The Morgan fingerprint density at radius 2 is 1.74 bits per heavy atom. The SMILES string of the molecule is COC(=O)c1ccc(CNC(=O)Cc2c(C)nc3ccccc3c2C)cc1. The lowest BCUT2D eigenvalue weighted by molar-refractivity contribution is -0.120. The summed E-state index contributed by atoms with van der Waals surface area (Å²) in [5.74, 6) is -0.435.